The SMILES string of the molecule is C(C#Cc1cncnc1)#Cc1cncnc1. The summed E-state index contributed by atoms with van der Waals surface area (Å²) in [5, 5.41) is 0. The summed E-state index contributed by atoms with van der Waals surface area (Å²) < 4.78 is 0. The van der Waals surface area contributed by atoms with Gasteiger partial charge in [-0.2, -0.15) is 0 Å². The van der Waals surface area contributed by atoms with Crippen LogP contribution in [0, 0.1) is 23.7 Å². The molecule has 0 unspecified atom stereocenters. The van der Waals surface area contributed by atoms with E-state index in [1.54, 1.807) is 24.8 Å². The maximum atomic E-state index is 3.84. The Morgan fingerprint density at radius 1 is 0.625 bits per heavy atom. The van der Waals surface area contributed by atoms with Crippen LogP contribution >= 0.6 is 0 Å². The zero-order valence-corrected chi connectivity index (χ0v) is 8.25. The third-order valence-corrected chi connectivity index (χ3v) is 1.60. The Bertz CT molecular complexity index is 515. The number of hydrogen-bond acceptors (Lipinski definition) is 4. The number of rotatable bonds is 0. The highest BCUT2D eigenvalue weighted by atomic mass is 14.8. The van der Waals surface area contributed by atoms with Gasteiger partial charge in [-0.15, -0.1) is 0 Å². The molecular formula is C12H6N4. The van der Waals surface area contributed by atoms with Gasteiger partial charge in [0, 0.05) is 24.8 Å². The summed E-state index contributed by atoms with van der Waals surface area (Å²) in [5.41, 5.74) is 1.47. The molecule has 0 saturated heterocycles. The zero-order chi connectivity index (χ0) is 11.1. The smallest absolute Gasteiger partial charge is 0.115 e. The van der Waals surface area contributed by atoms with Gasteiger partial charge in [0.1, 0.15) is 12.7 Å². The van der Waals surface area contributed by atoms with Gasteiger partial charge in [-0.1, -0.05) is 0 Å². The molecule has 0 spiro atoms. The predicted octanol–water partition coefficient (Wildman–Crippen LogP) is 0.670. The Kier molecular flexibility index (Phi) is 3.21. The highest BCUT2D eigenvalue weighted by molar-refractivity contribution is 5.41. The third-order valence-electron chi connectivity index (χ3n) is 1.60. The van der Waals surface area contributed by atoms with E-state index in [2.05, 4.69) is 43.6 Å². The van der Waals surface area contributed by atoms with E-state index in [1.807, 2.05) is 0 Å². The van der Waals surface area contributed by atoms with E-state index in [1.165, 1.54) is 12.7 Å². The van der Waals surface area contributed by atoms with Crippen LogP contribution in [0.25, 0.3) is 0 Å². The molecule has 2 aromatic rings. The summed E-state index contributed by atoms with van der Waals surface area (Å²) in [5.74, 6) is 11.1. The van der Waals surface area contributed by atoms with Crippen LogP contribution in [0.4, 0.5) is 0 Å². The first-order valence-corrected chi connectivity index (χ1v) is 4.47. The second kappa shape index (κ2) is 5.23. The summed E-state index contributed by atoms with van der Waals surface area (Å²) in [6, 6.07) is 0. The van der Waals surface area contributed by atoms with Gasteiger partial charge in [-0.3, -0.25) is 0 Å². The monoisotopic (exact) mass is 206 g/mol. The largest absolute Gasteiger partial charge is 0.244 e. The van der Waals surface area contributed by atoms with Crippen molar-refractivity contribution in [3.8, 4) is 23.7 Å². The van der Waals surface area contributed by atoms with Gasteiger partial charge in [0.2, 0.25) is 0 Å². The molecule has 0 aliphatic heterocycles. The van der Waals surface area contributed by atoms with Crippen molar-refractivity contribution in [2.24, 2.45) is 0 Å². The van der Waals surface area contributed by atoms with Crippen LogP contribution in [0.5, 0.6) is 0 Å². The van der Waals surface area contributed by atoms with Crippen LogP contribution < -0.4 is 0 Å². The van der Waals surface area contributed by atoms with Crippen LogP contribution in [0.2, 0.25) is 0 Å². The average Bonchev–Trinajstić information content (AvgIpc) is 2.37. The molecule has 0 N–H and O–H groups in total. The van der Waals surface area contributed by atoms with E-state index in [0.29, 0.717) is 0 Å². The first-order valence-electron chi connectivity index (χ1n) is 4.47. The van der Waals surface area contributed by atoms with Gasteiger partial charge in [0.15, 0.2) is 0 Å². The fraction of sp³-hybridized carbons (Fsp3) is 0. The summed E-state index contributed by atoms with van der Waals surface area (Å²) in [6.45, 7) is 0. The Hall–Kier alpha value is -2.72. The summed E-state index contributed by atoms with van der Waals surface area (Å²) >= 11 is 0. The second-order valence-corrected chi connectivity index (χ2v) is 2.75. The molecule has 0 fully saturated rings. The quantitative estimate of drug-likeness (QED) is 0.594. The minimum absolute atomic E-state index is 0.737. The topological polar surface area (TPSA) is 51.6 Å². The molecule has 16 heavy (non-hydrogen) atoms. The molecule has 2 aromatic heterocycles. The lowest BCUT2D eigenvalue weighted by Gasteiger charge is -1.83. The molecule has 0 radical (unpaired) electrons. The number of aromatic nitrogens is 4. The zero-order valence-electron chi connectivity index (χ0n) is 8.25. The summed E-state index contributed by atoms with van der Waals surface area (Å²) in [7, 11) is 0. The van der Waals surface area contributed by atoms with Crippen molar-refractivity contribution in [1.29, 1.82) is 0 Å². The van der Waals surface area contributed by atoms with Gasteiger partial charge in [-0.25, -0.2) is 19.9 Å². The lowest BCUT2D eigenvalue weighted by atomic mass is 10.3. The fourth-order valence-electron chi connectivity index (χ4n) is 0.934. The summed E-state index contributed by atoms with van der Waals surface area (Å²) in [6.07, 6.45) is 9.44. The fourth-order valence-corrected chi connectivity index (χ4v) is 0.934. The molecule has 0 atom stereocenters. The third kappa shape index (κ3) is 2.90. The Morgan fingerprint density at radius 3 is 1.38 bits per heavy atom. The van der Waals surface area contributed by atoms with E-state index < -0.39 is 0 Å². The normalized spacial score (nSPS) is 8.25. The van der Waals surface area contributed by atoms with Gasteiger partial charge in [0.25, 0.3) is 0 Å². The molecule has 0 aromatic carbocycles. The second-order valence-electron chi connectivity index (χ2n) is 2.75. The molecule has 0 bridgehead atoms. The van der Waals surface area contributed by atoms with Crippen molar-refractivity contribution in [2.45, 2.75) is 0 Å². The molecule has 0 amide bonds. The van der Waals surface area contributed by atoms with Crippen molar-refractivity contribution >= 4 is 0 Å². The van der Waals surface area contributed by atoms with Crippen LogP contribution in [0.1, 0.15) is 11.1 Å². The summed E-state index contributed by atoms with van der Waals surface area (Å²) in [4.78, 5) is 15.4. The highest BCUT2D eigenvalue weighted by Crippen LogP contribution is 1.89. The van der Waals surface area contributed by atoms with Gasteiger partial charge >= 0.3 is 0 Å². The molecule has 0 aliphatic rings. The maximum absolute atomic E-state index is 3.84. The predicted molar refractivity (Wildman–Crippen MR) is 57.8 cm³/mol. The molecule has 2 heterocycles. The molecule has 4 heteroatoms. The molecule has 4 nitrogen and oxygen atoms in total. The van der Waals surface area contributed by atoms with Crippen LogP contribution in [0.3, 0.4) is 0 Å². The standard InChI is InChI=1S/C12H6N4/c1(3-11-5-13-9-14-6-11)2-4-12-7-15-10-16-8-12/h5-10H. The number of hydrogen-bond donors (Lipinski definition) is 0. The van der Waals surface area contributed by atoms with Crippen molar-refractivity contribution in [2.75, 3.05) is 0 Å². The highest BCUT2D eigenvalue weighted by Gasteiger charge is 1.83. The minimum atomic E-state index is 0.737. The average molecular weight is 206 g/mol. The molecule has 0 saturated carbocycles. The van der Waals surface area contributed by atoms with Crippen molar-refractivity contribution < 1.29 is 0 Å². The van der Waals surface area contributed by atoms with Gasteiger partial charge in [0.05, 0.1) is 11.1 Å². The van der Waals surface area contributed by atoms with E-state index in [-0.39, 0.29) is 0 Å². The van der Waals surface area contributed by atoms with Gasteiger partial charge < -0.3 is 0 Å². The van der Waals surface area contributed by atoms with E-state index >= 15 is 0 Å². The lowest BCUT2D eigenvalue weighted by molar-refractivity contribution is 1.16. The first kappa shape index (κ1) is 9.82. The van der Waals surface area contributed by atoms with Crippen molar-refractivity contribution in [3.63, 3.8) is 0 Å². The van der Waals surface area contributed by atoms with Crippen LogP contribution in [0.15, 0.2) is 37.4 Å². The van der Waals surface area contributed by atoms with Crippen LogP contribution in [-0.4, -0.2) is 19.9 Å². The van der Waals surface area contributed by atoms with E-state index in [4.69, 9.17) is 0 Å². The van der Waals surface area contributed by atoms with Gasteiger partial charge in [-0.05, 0) is 23.7 Å². The first-order chi connectivity index (χ1) is 7.95. The molecule has 74 valence electrons. The molecule has 0 aliphatic carbocycles. The molecular weight excluding hydrogens is 200 g/mol. The lowest BCUT2D eigenvalue weighted by Crippen LogP contribution is -1.79. The Balaban J connectivity index is 2.09. The number of nitrogens with zero attached hydrogens (tertiary/aromatic N) is 4. The van der Waals surface area contributed by atoms with E-state index in [9.17, 15) is 0 Å². The maximum Gasteiger partial charge on any atom is 0.115 e. The van der Waals surface area contributed by atoms with Crippen LogP contribution in [-0.2, 0) is 0 Å². The Morgan fingerprint density at radius 2 is 1.00 bits per heavy atom. The van der Waals surface area contributed by atoms with E-state index in [0.717, 1.165) is 11.1 Å². The van der Waals surface area contributed by atoms with Crippen molar-refractivity contribution in [3.05, 3.63) is 48.6 Å². The molecule has 2 rings (SSSR count). The Labute approximate surface area is 92.8 Å². The minimum Gasteiger partial charge on any atom is -0.244 e. The van der Waals surface area contributed by atoms with Crippen molar-refractivity contribution in [1.82, 2.24) is 19.9 Å².